The van der Waals surface area contributed by atoms with Crippen LogP contribution in [0.1, 0.15) is 11.4 Å². The second-order valence-corrected chi connectivity index (χ2v) is 5.49. The Labute approximate surface area is 129 Å². The lowest BCUT2D eigenvalue weighted by Gasteiger charge is -2.11. The first-order valence-electron chi connectivity index (χ1n) is 7.20. The molecule has 0 aliphatic rings. The summed E-state index contributed by atoms with van der Waals surface area (Å²) in [6.07, 6.45) is 0. The number of rotatable bonds is 3. The summed E-state index contributed by atoms with van der Waals surface area (Å²) in [6, 6.07) is 14.0. The van der Waals surface area contributed by atoms with E-state index < -0.39 is 0 Å². The molecule has 0 aliphatic carbocycles. The SMILES string of the molecule is Cc1nc2cccc(C)n2c1N=Nc1ccc(N(C)C)cc1. The molecule has 3 rings (SSSR count). The zero-order chi connectivity index (χ0) is 15.7. The molecule has 2 aromatic heterocycles. The molecule has 0 spiro atoms. The van der Waals surface area contributed by atoms with E-state index in [2.05, 4.69) is 20.1 Å². The first kappa shape index (κ1) is 14.3. The summed E-state index contributed by atoms with van der Waals surface area (Å²) in [5.41, 5.74) is 4.83. The highest BCUT2D eigenvalue weighted by atomic mass is 15.2. The highest BCUT2D eigenvalue weighted by Gasteiger charge is 2.09. The van der Waals surface area contributed by atoms with Gasteiger partial charge in [-0.1, -0.05) is 6.07 Å². The van der Waals surface area contributed by atoms with Gasteiger partial charge < -0.3 is 4.90 Å². The Hall–Kier alpha value is -2.69. The molecule has 0 bridgehead atoms. The van der Waals surface area contributed by atoms with Crippen LogP contribution in [0.5, 0.6) is 0 Å². The van der Waals surface area contributed by atoms with Gasteiger partial charge in [-0.3, -0.25) is 4.40 Å². The molecule has 0 saturated heterocycles. The maximum absolute atomic E-state index is 4.53. The summed E-state index contributed by atoms with van der Waals surface area (Å²) in [5.74, 6) is 0.782. The Morgan fingerprint density at radius 2 is 1.68 bits per heavy atom. The van der Waals surface area contributed by atoms with Crippen molar-refractivity contribution in [3.05, 3.63) is 53.9 Å². The highest BCUT2D eigenvalue weighted by molar-refractivity contribution is 5.54. The number of hydrogen-bond donors (Lipinski definition) is 0. The van der Waals surface area contributed by atoms with Crippen LogP contribution in [-0.2, 0) is 0 Å². The molecule has 1 aromatic carbocycles. The van der Waals surface area contributed by atoms with Gasteiger partial charge >= 0.3 is 0 Å². The van der Waals surface area contributed by atoms with E-state index in [9.17, 15) is 0 Å². The first-order chi connectivity index (χ1) is 10.6. The number of fused-ring (bicyclic) bond motifs is 1. The van der Waals surface area contributed by atoms with Gasteiger partial charge in [0.05, 0.1) is 11.4 Å². The maximum Gasteiger partial charge on any atom is 0.182 e. The zero-order valence-electron chi connectivity index (χ0n) is 13.3. The van der Waals surface area contributed by atoms with Crippen molar-refractivity contribution < 1.29 is 0 Å². The lowest BCUT2D eigenvalue weighted by molar-refractivity contribution is 1.04. The highest BCUT2D eigenvalue weighted by Crippen LogP contribution is 2.25. The number of benzene rings is 1. The third kappa shape index (κ3) is 2.57. The van der Waals surface area contributed by atoms with E-state index in [0.29, 0.717) is 0 Å². The van der Waals surface area contributed by atoms with Gasteiger partial charge in [0.2, 0.25) is 0 Å². The van der Waals surface area contributed by atoms with Crippen LogP contribution in [0.3, 0.4) is 0 Å². The summed E-state index contributed by atoms with van der Waals surface area (Å²) in [7, 11) is 4.03. The Morgan fingerprint density at radius 3 is 2.36 bits per heavy atom. The van der Waals surface area contributed by atoms with E-state index in [0.717, 1.165) is 34.2 Å². The fourth-order valence-electron chi connectivity index (χ4n) is 2.39. The van der Waals surface area contributed by atoms with E-state index >= 15 is 0 Å². The summed E-state index contributed by atoms with van der Waals surface area (Å²) in [4.78, 5) is 6.58. The maximum atomic E-state index is 4.53. The van der Waals surface area contributed by atoms with Crippen LogP contribution in [-0.4, -0.2) is 23.5 Å². The van der Waals surface area contributed by atoms with Crippen LogP contribution < -0.4 is 4.90 Å². The third-order valence-corrected chi connectivity index (χ3v) is 3.61. The number of imidazole rings is 1. The molecule has 0 atom stereocenters. The molecule has 0 amide bonds. The van der Waals surface area contributed by atoms with Gasteiger partial charge in [-0.05, 0) is 50.2 Å². The van der Waals surface area contributed by atoms with Crippen LogP contribution in [0.4, 0.5) is 17.2 Å². The molecule has 0 N–H and O–H groups in total. The van der Waals surface area contributed by atoms with Crippen molar-refractivity contribution >= 4 is 22.8 Å². The van der Waals surface area contributed by atoms with Gasteiger partial charge in [-0.2, -0.15) is 0 Å². The quantitative estimate of drug-likeness (QED) is 0.670. The fraction of sp³-hybridized carbons (Fsp3) is 0.235. The van der Waals surface area contributed by atoms with Crippen molar-refractivity contribution in [2.45, 2.75) is 13.8 Å². The first-order valence-corrected chi connectivity index (χ1v) is 7.20. The second-order valence-electron chi connectivity index (χ2n) is 5.49. The van der Waals surface area contributed by atoms with E-state index in [-0.39, 0.29) is 0 Å². The molecule has 0 radical (unpaired) electrons. The molecule has 112 valence electrons. The molecule has 2 heterocycles. The van der Waals surface area contributed by atoms with Crippen LogP contribution in [0, 0.1) is 13.8 Å². The smallest absolute Gasteiger partial charge is 0.182 e. The topological polar surface area (TPSA) is 45.3 Å². The standard InChI is InChI=1S/C17H19N5/c1-12-6-5-7-16-18-13(2)17(22(12)16)20-19-14-8-10-15(11-9-14)21(3)4/h5-11H,1-4H3. The second kappa shape index (κ2) is 5.60. The van der Waals surface area contributed by atoms with Crippen LogP contribution in [0.2, 0.25) is 0 Å². The summed E-state index contributed by atoms with van der Waals surface area (Å²) >= 11 is 0. The van der Waals surface area contributed by atoms with E-state index in [1.165, 1.54) is 0 Å². The molecule has 5 nitrogen and oxygen atoms in total. The number of azo groups is 1. The number of aromatic nitrogens is 2. The van der Waals surface area contributed by atoms with Gasteiger partial charge in [0.15, 0.2) is 5.82 Å². The van der Waals surface area contributed by atoms with Crippen molar-refractivity contribution in [2.24, 2.45) is 10.2 Å². The molecule has 3 aromatic rings. The molecule has 0 unspecified atom stereocenters. The lowest BCUT2D eigenvalue weighted by atomic mass is 10.3. The summed E-state index contributed by atoms with van der Waals surface area (Å²) in [6.45, 7) is 3.99. The summed E-state index contributed by atoms with van der Waals surface area (Å²) in [5, 5.41) is 8.76. The van der Waals surface area contributed by atoms with E-state index in [4.69, 9.17) is 0 Å². The van der Waals surface area contributed by atoms with Gasteiger partial charge in [-0.25, -0.2) is 4.98 Å². The monoisotopic (exact) mass is 293 g/mol. The number of aryl methyl sites for hydroxylation is 2. The molecule has 0 saturated carbocycles. The van der Waals surface area contributed by atoms with Crippen LogP contribution in [0.25, 0.3) is 5.65 Å². The number of hydrogen-bond acceptors (Lipinski definition) is 4. The van der Waals surface area contributed by atoms with Gasteiger partial charge in [0.25, 0.3) is 0 Å². The Morgan fingerprint density at radius 1 is 0.955 bits per heavy atom. The minimum atomic E-state index is 0.782. The predicted octanol–water partition coefficient (Wildman–Crippen LogP) is 4.43. The minimum Gasteiger partial charge on any atom is -0.378 e. The average Bonchev–Trinajstić information content (AvgIpc) is 2.82. The zero-order valence-corrected chi connectivity index (χ0v) is 13.3. The Kier molecular flexibility index (Phi) is 3.63. The molecular formula is C17H19N5. The molecular weight excluding hydrogens is 274 g/mol. The van der Waals surface area contributed by atoms with Gasteiger partial charge in [-0.15, -0.1) is 10.2 Å². The van der Waals surface area contributed by atoms with Crippen molar-refractivity contribution in [1.82, 2.24) is 9.38 Å². The molecule has 5 heteroatoms. The van der Waals surface area contributed by atoms with Crippen molar-refractivity contribution in [3.8, 4) is 0 Å². The largest absolute Gasteiger partial charge is 0.378 e. The Balaban J connectivity index is 1.97. The average molecular weight is 293 g/mol. The third-order valence-electron chi connectivity index (χ3n) is 3.61. The van der Waals surface area contributed by atoms with E-state index in [1.54, 1.807) is 0 Å². The molecule has 0 fully saturated rings. The Bertz CT molecular complexity index is 828. The van der Waals surface area contributed by atoms with Crippen molar-refractivity contribution in [3.63, 3.8) is 0 Å². The number of pyridine rings is 1. The van der Waals surface area contributed by atoms with Crippen LogP contribution in [0.15, 0.2) is 52.7 Å². The van der Waals surface area contributed by atoms with E-state index in [1.807, 2.05) is 74.8 Å². The predicted molar refractivity (Wildman–Crippen MR) is 89.6 cm³/mol. The number of anilines is 1. The van der Waals surface area contributed by atoms with Gasteiger partial charge in [0.1, 0.15) is 5.65 Å². The van der Waals surface area contributed by atoms with Crippen LogP contribution >= 0.6 is 0 Å². The van der Waals surface area contributed by atoms with Crippen molar-refractivity contribution in [1.29, 1.82) is 0 Å². The fourth-order valence-corrected chi connectivity index (χ4v) is 2.39. The van der Waals surface area contributed by atoms with Crippen molar-refractivity contribution in [2.75, 3.05) is 19.0 Å². The summed E-state index contributed by atoms with van der Waals surface area (Å²) < 4.78 is 2.02. The molecule has 0 aliphatic heterocycles. The van der Waals surface area contributed by atoms with Gasteiger partial charge in [0, 0.05) is 25.5 Å². The number of nitrogens with zero attached hydrogens (tertiary/aromatic N) is 5. The molecule has 22 heavy (non-hydrogen) atoms. The minimum absolute atomic E-state index is 0.782. The normalized spacial score (nSPS) is 11.5. The lowest BCUT2D eigenvalue weighted by Crippen LogP contribution is -2.07.